The minimum absolute atomic E-state index is 0.670. The van der Waals surface area contributed by atoms with E-state index in [9.17, 15) is 0 Å². The fourth-order valence-electron chi connectivity index (χ4n) is 3.23. The van der Waals surface area contributed by atoms with Crippen molar-refractivity contribution in [2.75, 3.05) is 27.2 Å². The molecule has 5 heteroatoms. The van der Waals surface area contributed by atoms with Gasteiger partial charge in [0.2, 0.25) is 0 Å². The number of hydrogen-bond donors (Lipinski definition) is 0. The first-order chi connectivity index (χ1) is 13.1. The number of hydrogen-bond acceptors (Lipinski definition) is 4. The van der Waals surface area contributed by atoms with Crippen molar-refractivity contribution in [3.8, 4) is 21.6 Å². The maximum absolute atomic E-state index is 6.28. The summed E-state index contributed by atoms with van der Waals surface area (Å²) in [4.78, 5) is 7.27. The largest absolute Gasteiger partial charge is 0.376 e. The molecule has 0 spiro atoms. The molecule has 2 heterocycles. The van der Waals surface area contributed by atoms with E-state index in [2.05, 4.69) is 61.5 Å². The first-order valence-corrected chi connectivity index (χ1v) is 11.1. The van der Waals surface area contributed by atoms with Crippen LogP contribution < -0.4 is 0 Å². The van der Waals surface area contributed by atoms with Crippen LogP contribution in [0.4, 0.5) is 0 Å². The quantitative estimate of drug-likeness (QED) is 0.326. The van der Waals surface area contributed by atoms with Crippen LogP contribution in [-0.2, 0) is 11.3 Å². The van der Waals surface area contributed by atoms with E-state index in [-0.39, 0.29) is 0 Å². The molecule has 1 aliphatic rings. The molecule has 0 saturated heterocycles. The number of halogens is 1. The molecule has 0 N–H and O–H groups in total. The van der Waals surface area contributed by atoms with E-state index >= 15 is 0 Å². The van der Waals surface area contributed by atoms with Crippen LogP contribution in [0.2, 0.25) is 5.02 Å². The van der Waals surface area contributed by atoms with Gasteiger partial charge in [-0.3, -0.25) is 0 Å². The van der Waals surface area contributed by atoms with Crippen LogP contribution in [0.3, 0.4) is 0 Å². The van der Waals surface area contributed by atoms with Crippen LogP contribution >= 0.6 is 34.7 Å². The van der Waals surface area contributed by atoms with Gasteiger partial charge in [-0.1, -0.05) is 47.6 Å². The fraction of sp³-hybridized carbons (Fsp3) is 0.273. The summed E-state index contributed by atoms with van der Waals surface area (Å²) in [6, 6.07) is 17.1. The highest BCUT2D eigenvalue weighted by Gasteiger charge is 2.22. The summed E-state index contributed by atoms with van der Waals surface area (Å²) in [6.45, 7) is 2.52. The molecule has 27 heavy (non-hydrogen) atoms. The molecule has 0 atom stereocenters. The fourth-order valence-corrected chi connectivity index (χ4v) is 5.82. The highest BCUT2D eigenvalue weighted by atomic mass is 35.5. The van der Waals surface area contributed by atoms with Crippen molar-refractivity contribution in [2.24, 2.45) is 0 Å². The Morgan fingerprint density at radius 2 is 1.81 bits per heavy atom. The Labute approximate surface area is 174 Å². The maximum atomic E-state index is 6.28. The summed E-state index contributed by atoms with van der Waals surface area (Å²) >= 11 is 9.92. The van der Waals surface area contributed by atoms with Crippen molar-refractivity contribution < 1.29 is 4.74 Å². The van der Waals surface area contributed by atoms with E-state index in [4.69, 9.17) is 16.3 Å². The maximum Gasteiger partial charge on any atom is 0.0809 e. The molecule has 2 nitrogen and oxygen atoms in total. The SMILES string of the molecule is CN(C)CCCOCc1cc2c(s1)-c1ccccc1Sc1cc(Cl)ccc1-2. The number of nitrogens with zero attached hydrogens (tertiary/aromatic N) is 1. The molecule has 0 aliphatic carbocycles. The standard InChI is InChI=1S/C22H22ClNOS2/c1-24(2)10-5-11-25-14-16-13-19-17-9-8-15(23)12-21(17)27-20-7-4-3-6-18(20)22(19)26-16/h3-4,6-9,12-13H,5,10-11,14H2,1-2H3. The summed E-state index contributed by atoms with van der Waals surface area (Å²) in [5.74, 6) is 0. The number of fused-ring (bicyclic) bond motifs is 5. The van der Waals surface area contributed by atoms with E-state index in [1.165, 1.54) is 36.2 Å². The van der Waals surface area contributed by atoms with E-state index in [1.807, 2.05) is 17.4 Å². The van der Waals surface area contributed by atoms with Crippen molar-refractivity contribution in [2.45, 2.75) is 22.8 Å². The van der Waals surface area contributed by atoms with Gasteiger partial charge in [0.05, 0.1) is 6.61 Å². The van der Waals surface area contributed by atoms with Gasteiger partial charge in [0.1, 0.15) is 0 Å². The molecular weight excluding hydrogens is 394 g/mol. The topological polar surface area (TPSA) is 12.5 Å². The van der Waals surface area contributed by atoms with Crippen molar-refractivity contribution in [3.63, 3.8) is 0 Å². The van der Waals surface area contributed by atoms with Crippen molar-refractivity contribution in [1.82, 2.24) is 4.90 Å². The van der Waals surface area contributed by atoms with Gasteiger partial charge in [0, 0.05) is 42.3 Å². The average molecular weight is 416 g/mol. The molecule has 2 aromatic carbocycles. The predicted molar refractivity (Wildman–Crippen MR) is 117 cm³/mol. The second-order valence-electron chi connectivity index (χ2n) is 6.90. The average Bonchev–Trinajstić information content (AvgIpc) is 3.00. The zero-order valence-electron chi connectivity index (χ0n) is 15.5. The van der Waals surface area contributed by atoms with Crippen LogP contribution in [-0.4, -0.2) is 32.1 Å². The lowest BCUT2D eigenvalue weighted by Crippen LogP contribution is -2.14. The number of benzene rings is 2. The summed E-state index contributed by atoms with van der Waals surface area (Å²) in [6.07, 6.45) is 1.05. The molecule has 0 radical (unpaired) electrons. The highest BCUT2D eigenvalue weighted by molar-refractivity contribution is 7.99. The Hall–Kier alpha value is -1.30. The van der Waals surface area contributed by atoms with Crippen LogP contribution in [0.25, 0.3) is 21.6 Å². The first kappa shape index (κ1) is 19.0. The third kappa shape index (κ3) is 4.25. The minimum Gasteiger partial charge on any atom is -0.376 e. The van der Waals surface area contributed by atoms with Gasteiger partial charge < -0.3 is 9.64 Å². The van der Waals surface area contributed by atoms with Crippen LogP contribution in [0, 0.1) is 0 Å². The lowest BCUT2D eigenvalue weighted by molar-refractivity contribution is 0.115. The Bertz CT molecular complexity index is 951. The molecule has 0 bridgehead atoms. The second-order valence-corrected chi connectivity index (χ2v) is 9.56. The Balaban J connectivity index is 1.65. The van der Waals surface area contributed by atoms with Gasteiger partial charge in [0.25, 0.3) is 0 Å². The number of rotatable bonds is 6. The third-order valence-electron chi connectivity index (χ3n) is 4.51. The lowest BCUT2D eigenvalue weighted by Gasteiger charge is -2.09. The van der Waals surface area contributed by atoms with Gasteiger partial charge in [-0.25, -0.2) is 0 Å². The van der Waals surface area contributed by atoms with E-state index in [1.54, 1.807) is 11.8 Å². The van der Waals surface area contributed by atoms with E-state index in [0.717, 1.165) is 24.6 Å². The van der Waals surface area contributed by atoms with Crippen molar-refractivity contribution in [1.29, 1.82) is 0 Å². The summed E-state index contributed by atoms with van der Waals surface area (Å²) in [5.41, 5.74) is 3.84. The van der Waals surface area contributed by atoms with Crippen LogP contribution in [0.15, 0.2) is 58.3 Å². The van der Waals surface area contributed by atoms with Crippen molar-refractivity contribution >= 4 is 34.7 Å². The summed E-state index contributed by atoms with van der Waals surface area (Å²) in [7, 11) is 4.19. The number of ether oxygens (including phenoxy) is 1. The predicted octanol–water partition coefficient (Wildman–Crippen LogP) is 6.67. The van der Waals surface area contributed by atoms with Crippen LogP contribution in [0.5, 0.6) is 0 Å². The minimum atomic E-state index is 0.670. The molecule has 4 rings (SSSR count). The Kier molecular flexibility index (Phi) is 5.90. The molecular formula is C22H22ClNOS2. The monoisotopic (exact) mass is 415 g/mol. The molecule has 0 amide bonds. The zero-order valence-corrected chi connectivity index (χ0v) is 17.9. The molecule has 0 fully saturated rings. The third-order valence-corrected chi connectivity index (χ3v) is 7.02. The van der Waals surface area contributed by atoms with Crippen LogP contribution in [0.1, 0.15) is 11.3 Å². The summed E-state index contributed by atoms with van der Waals surface area (Å²) in [5, 5.41) is 0.779. The second kappa shape index (κ2) is 8.38. The van der Waals surface area contributed by atoms with E-state index in [0.29, 0.717) is 6.61 Å². The van der Waals surface area contributed by atoms with Gasteiger partial charge in [-0.05, 0) is 56.9 Å². The highest BCUT2D eigenvalue weighted by Crippen LogP contribution is 2.51. The van der Waals surface area contributed by atoms with Gasteiger partial charge in [-0.15, -0.1) is 11.3 Å². The summed E-state index contributed by atoms with van der Waals surface area (Å²) < 4.78 is 5.93. The van der Waals surface area contributed by atoms with Gasteiger partial charge in [0.15, 0.2) is 0 Å². The molecule has 1 aromatic heterocycles. The number of thiophene rings is 1. The zero-order chi connectivity index (χ0) is 18.8. The van der Waals surface area contributed by atoms with Gasteiger partial charge in [-0.2, -0.15) is 0 Å². The Morgan fingerprint density at radius 1 is 0.963 bits per heavy atom. The molecule has 140 valence electrons. The lowest BCUT2D eigenvalue weighted by atomic mass is 10.0. The molecule has 0 unspecified atom stereocenters. The Morgan fingerprint density at radius 3 is 2.67 bits per heavy atom. The first-order valence-electron chi connectivity index (χ1n) is 9.04. The molecule has 3 aromatic rings. The molecule has 0 saturated carbocycles. The normalized spacial score (nSPS) is 12.4. The smallest absolute Gasteiger partial charge is 0.0809 e. The van der Waals surface area contributed by atoms with E-state index < -0.39 is 0 Å². The molecule has 1 aliphatic heterocycles. The van der Waals surface area contributed by atoms with Gasteiger partial charge >= 0.3 is 0 Å². The van der Waals surface area contributed by atoms with Crippen molar-refractivity contribution in [3.05, 3.63) is 58.4 Å².